The Balaban J connectivity index is 1.02. The quantitative estimate of drug-likeness (QED) is 0.0333. The van der Waals surface area contributed by atoms with E-state index in [0.717, 1.165) is 27.9 Å². The maximum atomic E-state index is 13.2. The topological polar surface area (TPSA) is 181 Å². The van der Waals surface area contributed by atoms with Crippen LogP contribution in [0.1, 0.15) is 91.6 Å². The average molecular weight is 868 g/mol. The molecule has 0 saturated heterocycles. The number of nitrogens with two attached hydrogens (primary N) is 1. The third-order valence-corrected chi connectivity index (χ3v) is 11.0. The van der Waals surface area contributed by atoms with Gasteiger partial charge in [0.25, 0.3) is 0 Å². The highest BCUT2D eigenvalue weighted by Crippen LogP contribution is 2.37. The average Bonchev–Trinajstić information content (AvgIpc) is 3.28. The Morgan fingerprint density at radius 3 is 1.53 bits per heavy atom. The monoisotopic (exact) mass is 867 g/mol. The molecule has 0 saturated carbocycles. The molecule has 64 heavy (non-hydrogen) atoms. The Morgan fingerprint density at radius 2 is 1.08 bits per heavy atom. The highest BCUT2D eigenvalue weighted by molar-refractivity contribution is 6.11. The number of benzene rings is 4. The van der Waals surface area contributed by atoms with E-state index in [1.165, 1.54) is 0 Å². The summed E-state index contributed by atoms with van der Waals surface area (Å²) in [6.07, 6.45) is 5.19. The summed E-state index contributed by atoms with van der Waals surface area (Å²) in [5.74, 6) is -0.347. The lowest BCUT2D eigenvalue weighted by atomic mass is 9.81. The number of aryl methyl sites for hydroxylation is 2. The van der Waals surface area contributed by atoms with Crippen molar-refractivity contribution in [1.82, 2.24) is 9.97 Å². The van der Waals surface area contributed by atoms with Gasteiger partial charge in [0.1, 0.15) is 55.0 Å². The number of fused-ring (bicyclic) bond motifs is 2. The largest absolute Gasteiger partial charge is 0.488 e. The zero-order valence-electron chi connectivity index (χ0n) is 37.4. The van der Waals surface area contributed by atoms with Gasteiger partial charge in [-0.1, -0.05) is 88.4 Å². The van der Waals surface area contributed by atoms with Crippen molar-refractivity contribution < 1.29 is 38.1 Å². The molecule has 0 aliphatic carbocycles. The van der Waals surface area contributed by atoms with Crippen molar-refractivity contribution >= 4 is 68.1 Å². The number of Topliss-reactive ketones (excluding diaryl/α,β-unsaturated/α-hetero) is 2. The molecule has 0 bridgehead atoms. The first-order chi connectivity index (χ1) is 30.8. The number of para-hydroxylation sites is 4. The molecular weight excluding hydrogens is 811 g/mol. The van der Waals surface area contributed by atoms with E-state index < -0.39 is 23.4 Å². The summed E-state index contributed by atoms with van der Waals surface area (Å²) in [7, 11) is 0. The normalized spacial score (nSPS) is 11.8. The Bertz CT molecular complexity index is 2640. The number of carbonyl (C=O) groups is 4. The maximum Gasteiger partial charge on any atom is 0.323 e. The van der Waals surface area contributed by atoms with Gasteiger partial charge in [-0.25, -0.2) is 0 Å². The van der Waals surface area contributed by atoms with Crippen LogP contribution in [0, 0.1) is 19.3 Å². The third-order valence-electron chi connectivity index (χ3n) is 11.0. The molecular formula is C51H57N5O8. The van der Waals surface area contributed by atoms with E-state index in [1.807, 2.05) is 100 Å². The fourth-order valence-corrected chi connectivity index (χ4v) is 7.28. The van der Waals surface area contributed by atoms with E-state index in [-0.39, 0.29) is 44.4 Å². The SMILES string of the molecule is CCCC(=O)c1cnc2c(OCCOC(=O)CC(C)(C)[C@H](N)C(=O)OCCOc3cccc4c(Nc5ccccc5C)c(C(=O)CCC)cnc34)cccc2c1Nc1ccccc1C. The van der Waals surface area contributed by atoms with E-state index in [0.29, 0.717) is 76.1 Å². The van der Waals surface area contributed by atoms with Gasteiger partial charge in [0.05, 0.1) is 28.9 Å². The number of hydrogen-bond donors (Lipinski definition) is 3. The smallest absolute Gasteiger partial charge is 0.323 e. The minimum Gasteiger partial charge on any atom is -0.488 e. The molecule has 0 radical (unpaired) electrons. The highest BCUT2D eigenvalue weighted by atomic mass is 16.6. The van der Waals surface area contributed by atoms with Gasteiger partial charge in [-0.2, -0.15) is 0 Å². The van der Waals surface area contributed by atoms with Crippen LogP contribution in [0.15, 0.2) is 97.3 Å². The lowest BCUT2D eigenvalue weighted by Gasteiger charge is -2.28. The predicted octanol–water partition coefficient (Wildman–Crippen LogP) is 10.1. The lowest BCUT2D eigenvalue weighted by Crippen LogP contribution is -2.46. The molecule has 2 aromatic heterocycles. The number of esters is 2. The Kier molecular flexibility index (Phi) is 15.7. The summed E-state index contributed by atoms with van der Waals surface area (Å²) in [5.41, 5.74) is 12.5. The first-order valence-electron chi connectivity index (χ1n) is 21.7. The van der Waals surface area contributed by atoms with Crippen molar-refractivity contribution in [3.8, 4) is 11.5 Å². The van der Waals surface area contributed by atoms with Crippen molar-refractivity contribution in [3.63, 3.8) is 0 Å². The van der Waals surface area contributed by atoms with E-state index >= 15 is 0 Å². The van der Waals surface area contributed by atoms with E-state index in [4.69, 9.17) is 24.7 Å². The van der Waals surface area contributed by atoms with Gasteiger partial charge in [0.15, 0.2) is 11.6 Å². The fraction of sp³-hybridized carbons (Fsp3) is 0.333. The number of rotatable bonds is 22. The second-order valence-electron chi connectivity index (χ2n) is 16.4. The first-order valence-corrected chi connectivity index (χ1v) is 21.7. The second kappa shape index (κ2) is 21.5. The zero-order chi connectivity index (χ0) is 45.8. The minimum atomic E-state index is -1.14. The van der Waals surface area contributed by atoms with Crippen molar-refractivity contribution in [2.45, 2.75) is 79.7 Å². The van der Waals surface area contributed by atoms with Gasteiger partial charge in [-0.15, -0.1) is 0 Å². The van der Waals surface area contributed by atoms with Gasteiger partial charge in [0, 0.05) is 52.8 Å². The summed E-state index contributed by atoms with van der Waals surface area (Å²) in [4.78, 5) is 61.6. The van der Waals surface area contributed by atoms with E-state index in [1.54, 1.807) is 38.4 Å². The molecule has 13 heteroatoms. The molecule has 6 aromatic rings. The molecule has 0 amide bonds. The van der Waals surface area contributed by atoms with Crippen LogP contribution in [0.4, 0.5) is 22.7 Å². The molecule has 0 aliphatic rings. The van der Waals surface area contributed by atoms with Crippen LogP contribution in [0.3, 0.4) is 0 Å². The molecule has 13 nitrogen and oxygen atoms in total. The highest BCUT2D eigenvalue weighted by Gasteiger charge is 2.36. The Hall–Kier alpha value is -6.86. The van der Waals surface area contributed by atoms with Crippen molar-refractivity contribution in [2.75, 3.05) is 37.1 Å². The van der Waals surface area contributed by atoms with Crippen LogP contribution in [0.2, 0.25) is 0 Å². The zero-order valence-corrected chi connectivity index (χ0v) is 37.4. The van der Waals surface area contributed by atoms with E-state index in [9.17, 15) is 19.2 Å². The van der Waals surface area contributed by atoms with Gasteiger partial charge < -0.3 is 35.3 Å². The maximum absolute atomic E-state index is 13.2. The van der Waals surface area contributed by atoms with Gasteiger partial charge in [-0.3, -0.25) is 29.1 Å². The predicted molar refractivity (Wildman–Crippen MR) is 250 cm³/mol. The standard InChI is InChI=1S/C51H57N5O8/c1-7-15-40(57)36-30-53-47-34(45(36)55-38-21-11-9-17-32(38)3)19-13-23-42(47)61-25-27-63-44(59)29-51(5,6)49(52)50(60)64-28-26-62-43-24-14-20-35-46(56-39-22-12-10-18-33(39)4)37(31-54-48(35)43)41(58)16-8-2/h9-14,17-24,30-31,49H,7-8,15-16,25-29,52H2,1-6H3,(H,53,55)(H,54,56)/t49-/m1/s1. The van der Waals surface area contributed by atoms with Crippen LogP contribution < -0.4 is 25.8 Å². The van der Waals surface area contributed by atoms with E-state index in [2.05, 4.69) is 20.6 Å². The lowest BCUT2D eigenvalue weighted by molar-refractivity contribution is -0.152. The van der Waals surface area contributed by atoms with Crippen molar-refractivity contribution in [2.24, 2.45) is 11.1 Å². The summed E-state index contributed by atoms with van der Waals surface area (Å²) in [6, 6.07) is 25.5. The third kappa shape index (κ3) is 11.2. The van der Waals surface area contributed by atoms with Crippen molar-refractivity contribution in [1.29, 1.82) is 0 Å². The number of pyridine rings is 2. The van der Waals surface area contributed by atoms with Crippen molar-refractivity contribution in [3.05, 3.63) is 120 Å². The molecule has 334 valence electrons. The summed E-state index contributed by atoms with van der Waals surface area (Å²) < 4.78 is 23.1. The van der Waals surface area contributed by atoms with Gasteiger partial charge >= 0.3 is 11.9 Å². The first kappa shape index (κ1) is 46.6. The number of hydrogen-bond acceptors (Lipinski definition) is 13. The molecule has 6 rings (SSSR count). The van der Waals surface area contributed by atoms with Gasteiger partial charge in [0.2, 0.25) is 0 Å². The second-order valence-corrected chi connectivity index (χ2v) is 16.4. The number of ether oxygens (including phenoxy) is 4. The molecule has 0 aliphatic heterocycles. The number of nitrogens with zero attached hydrogens (tertiary/aromatic N) is 2. The number of aromatic nitrogens is 2. The molecule has 1 atom stereocenters. The molecule has 2 heterocycles. The molecule has 0 unspecified atom stereocenters. The van der Waals surface area contributed by atoms with Crippen LogP contribution in [0.5, 0.6) is 11.5 Å². The summed E-state index contributed by atoms with van der Waals surface area (Å²) in [5, 5.41) is 8.36. The van der Waals surface area contributed by atoms with Gasteiger partial charge in [-0.05, 0) is 62.1 Å². The number of carbonyl (C=O) groups excluding carboxylic acids is 4. The number of ketones is 2. The number of nitrogens with one attached hydrogen (secondary N) is 2. The summed E-state index contributed by atoms with van der Waals surface area (Å²) >= 11 is 0. The van der Waals surface area contributed by atoms with Crippen LogP contribution in [-0.4, -0.2) is 65.9 Å². The molecule has 0 spiro atoms. The minimum absolute atomic E-state index is 0.00762. The molecule has 0 fully saturated rings. The molecule has 4 aromatic carbocycles. The summed E-state index contributed by atoms with van der Waals surface area (Å²) in [6.45, 7) is 11.2. The molecule has 4 N–H and O–H groups in total. The fourth-order valence-electron chi connectivity index (χ4n) is 7.28. The van der Waals surface area contributed by atoms with Crippen LogP contribution >= 0.6 is 0 Å². The number of anilines is 4. The Morgan fingerprint density at radius 1 is 0.625 bits per heavy atom. The Labute approximate surface area is 374 Å². The van der Waals surface area contributed by atoms with Crippen LogP contribution in [0.25, 0.3) is 21.8 Å². The van der Waals surface area contributed by atoms with Crippen LogP contribution in [-0.2, 0) is 19.1 Å².